The topological polar surface area (TPSA) is 63.4 Å². The van der Waals surface area contributed by atoms with Gasteiger partial charge in [-0.1, -0.05) is 6.07 Å². The van der Waals surface area contributed by atoms with Crippen LogP contribution in [0.4, 0.5) is 11.4 Å². The van der Waals surface area contributed by atoms with Crippen LogP contribution in [0, 0.1) is 0 Å². The van der Waals surface area contributed by atoms with Gasteiger partial charge >= 0.3 is 0 Å². The summed E-state index contributed by atoms with van der Waals surface area (Å²) >= 11 is 0. The molecule has 2 rings (SSSR count). The summed E-state index contributed by atoms with van der Waals surface area (Å²) in [6.07, 6.45) is 1.78. The predicted octanol–water partition coefficient (Wildman–Crippen LogP) is 1.76. The highest BCUT2D eigenvalue weighted by Gasteiger charge is 2.29. The minimum absolute atomic E-state index is 0.408. The second kappa shape index (κ2) is 4.22. The number of hydrogen-bond donors (Lipinski definition) is 1. The molecule has 1 aliphatic rings. The number of nitrogen functional groups attached to an aromatic ring is 1. The zero-order chi connectivity index (χ0) is 12.6. The van der Waals surface area contributed by atoms with E-state index in [4.69, 9.17) is 5.73 Å². The van der Waals surface area contributed by atoms with Crippen molar-refractivity contribution < 1.29 is 8.42 Å². The second-order valence-electron chi connectivity index (χ2n) is 4.66. The van der Waals surface area contributed by atoms with Crippen LogP contribution in [0.2, 0.25) is 0 Å². The van der Waals surface area contributed by atoms with Crippen molar-refractivity contribution in [2.45, 2.75) is 31.9 Å². The summed E-state index contributed by atoms with van der Waals surface area (Å²) in [6.45, 7) is 3.96. The van der Waals surface area contributed by atoms with Crippen molar-refractivity contribution in [2.75, 3.05) is 16.6 Å². The molecular formula is C12H18N2O2S. The van der Waals surface area contributed by atoms with Crippen molar-refractivity contribution in [1.82, 2.24) is 0 Å². The Morgan fingerprint density at radius 2 is 2.06 bits per heavy atom. The monoisotopic (exact) mass is 254 g/mol. The third-order valence-electron chi connectivity index (χ3n) is 3.09. The van der Waals surface area contributed by atoms with Crippen LogP contribution < -0.4 is 10.0 Å². The van der Waals surface area contributed by atoms with Crippen LogP contribution in [0.3, 0.4) is 0 Å². The molecule has 1 aromatic rings. The Hall–Kier alpha value is -1.23. The van der Waals surface area contributed by atoms with E-state index in [1.165, 1.54) is 4.31 Å². The number of nitrogens with two attached hydrogens (primary N) is 1. The van der Waals surface area contributed by atoms with Crippen molar-refractivity contribution in [2.24, 2.45) is 0 Å². The molecule has 0 atom stereocenters. The smallest absolute Gasteiger partial charge is 0.237 e. The molecule has 0 spiro atoms. The Morgan fingerprint density at radius 1 is 1.35 bits per heavy atom. The van der Waals surface area contributed by atoms with E-state index in [0.29, 0.717) is 12.2 Å². The SMILES string of the molecule is CC(C)S(=O)(=O)N1CCCc2ccc(N)cc21. The molecule has 2 N–H and O–H groups in total. The molecule has 0 bridgehead atoms. The van der Waals surface area contributed by atoms with Crippen LogP contribution in [0.15, 0.2) is 18.2 Å². The molecule has 0 saturated carbocycles. The number of fused-ring (bicyclic) bond motifs is 1. The summed E-state index contributed by atoms with van der Waals surface area (Å²) in [5.41, 5.74) is 8.17. The molecule has 94 valence electrons. The van der Waals surface area contributed by atoms with Gasteiger partial charge in [0, 0.05) is 12.2 Å². The van der Waals surface area contributed by atoms with E-state index in [1.54, 1.807) is 19.9 Å². The Balaban J connectivity index is 2.52. The van der Waals surface area contributed by atoms with Gasteiger partial charge in [0.1, 0.15) is 0 Å². The number of hydrogen-bond acceptors (Lipinski definition) is 3. The van der Waals surface area contributed by atoms with E-state index in [2.05, 4.69) is 0 Å². The zero-order valence-corrected chi connectivity index (χ0v) is 11.0. The number of sulfonamides is 1. The minimum Gasteiger partial charge on any atom is -0.399 e. The van der Waals surface area contributed by atoms with Crippen LogP contribution in [-0.2, 0) is 16.4 Å². The van der Waals surface area contributed by atoms with Crippen LogP contribution in [0.5, 0.6) is 0 Å². The van der Waals surface area contributed by atoms with E-state index in [0.717, 1.165) is 24.1 Å². The minimum atomic E-state index is -3.25. The van der Waals surface area contributed by atoms with Crippen molar-refractivity contribution in [3.63, 3.8) is 0 Å². The number of nitrogens with zero attached hydrogens (tertiary/aromatic N) is 1. The van der Waals surface area contributed by atoms with Crippen LogP contribution in [0.25, 0.3) is 0 Å². The standard InChI is InChI=1S/C12H18N2O2S/c1-9(2)17(15,16)14-7-3-4-10-5-6-11(13)8-12(10)14/h5-6,8-9H,3-4,7,13H2,1-2H3. The number of anilines is 2. The van der Waals surface area contributed by atoms with Gasteiger partial charge in [0.15, 0.2) is 0 Å². The molecule has 1 aliphatic heterocycles. The van der Waals surface area contributed by atoms with E-state index in [9.17, 15) is 8.42 Å². The van der Waals surface area contributed by atoms with Gasteiger partial charge in [-0.25, -0.2) is 8.42 Å². The largest absolute Gasteiger partial charge is 0.399 e. The fourth-order valence-electron chi connectivity index (χ4n) is 2.08. The third-order valence-corrected chi connectivity index (χ3v) is 5.27. The molecule has 0 aliphatic carbocycles. The van der Waals surface area contributed by atoms with Crippen LogP contribution in [-0.4, -0.2) is 20.2 Å². The highest BCUT2D eigenvalue weighted by molar-refractivity contribution is 7.93. The van der Waals surface area contributed by atoms with Gasteiger partial charge in [-0.3, -0.25) is 4.31 Å². The molecule has 0 unspecified atom stereocenters. The molecule has 1 heterocycles. The highest BCUT2D eigenvalue weighted by atomic mass is 32.2. The third kappa shape index (κ3) is 2.11. The molecular weight excluding hydrogens is 236 g/mol. The molecule has 5 heteroatoms. The molecule has 0 amide bonds. The van der Waals surface area contributed by atoms with Crippen molar-refractivity contribution in [3.8, 4) is 0 Å². The number of rotatable bonds is 2. The van der Waals surface area contributed by atoms with Gasteiger partial charge in [0.2, 0.25) is 10.0 Å². The van der Waals surface area contributed by atoms with Gasteiger partial charge < -0.3 is 5.73 Å². The normalized spacial score (nSPS) is 16.1. The summed E-state index contributed by atoms with van der Waals surface area (Å²) in [7, 11) is -3.25. The first-order valence-electron chi connectivity index (χ1n) is 5.83. The van der Waals surface area contributed by atoms with E-state index in [-0.39, 0.29) is 0 Å². The Bertz CT molecular complexity index is 523. The lowest BCUT2D eigenvalue weighted by Gasteiger charge is -2.32. The lowest BCUT2D eigenvalue weighted by atomic mass is 10.0. The first kappa shape index (κ1) is 12.2. The average Bonchev–Trinajstić information content (AvgIpc) is 2.27. The summed E-state index contributed by atoms with van der Waals surface area (Å²) in [4.78, 5) is 0. The van der Waals surface area contributed by atoms with Crippen molar-refractivity contribution >= 4 is 21.4 Å². The van der Waals surface area contributed by atoms with Gasteiger partial charge in [-0.15, -0.1) is 0 Å². The average molecular weight is 254 g/mol. The van der Waals surface area contributed by atoms with Crippen LogP contribution >= 0.6 is 0 Å². The summed E-state index contributed by atoms with van der Waals surface area (Å²) in [5, 5.41) is -0.408. The maximum atomic E-state index is 12.2. The number of benzene rings is 1. The molecule has 0 aromatic heterocycles. The first-order chi connectivity index (χ1) is 7.93. The van der Waals surface area contributed by atoms with Gasteiger partial charge in [-0.05, 0) is 44.4 Å². The lowest BCUT2D eigenvalue weighted by molar-refractivity contribution is 0.578. The van der Waals surface area contributed by atoms with Crippen molar-refractivity contribution in [3.05, 3.63) is 23.8 Å². The molecule has 17 heavy (non-hydrogen) atoms. The van der Waals surface area contributed by atoms with Gasteiger partial charge in [-0.2, -0.15) is 0 Å². The zero-order valence-electron chi connectivity index (χ0n) is 10.2. The quantitative estimate of drug-likeness (QED) is 0.818. The Kier molecular flexibility index (Phi) is 3.03. The fraction of sp³-hybridized carbons (Fsp3) is 0.500. The van der Waals surface area contributed by atoms with E-state index >= 15 is 0 Å². The van der Waals surface area contributed by atoms with Gasteiger partial charge in [0.05, 0.1) is 10.9 Å². The fourth-order valence-corrected chi connectivity index (χ4v) is 3.41. The maximum absolute atomic E-state index is 12.2. The second-order valence-corrected chi connectivity index (χ2v) is 7.07. The molecule has 4 nitrogen and oxygen atoms in total. The lowest BCUT2D eigenvalue weighted by Crippen LogP contribution is -2.39. The Morgan fingerprint density at radius 3 is 2.71 bits per heavy atom. The predicted molar refractivity (Wildman–Crippen MR) is 70.6 cm³/mol. The van der Waals surface area contributed by atoms with Gasteiger partial charge in [0.25, 0.3) is 0 Å². The Labute approximate surface area is 102 Å². The van der Waals surface area contributed by atoms with Crippen LogP contribution in [0.1, 0.15) is 25.8 Å². The highest BCUT2D eigenvalue weighted by Crippen LogP contribution is 2.32. The van der Waals surface area contributed by atoms with E-state index < -0.39 is 15.3 Å². The van der Waals surface area contributed by atoms with Crippen molar-refractivity contribution in [1.29, 1.82) is 0 Å². The first-order valence-corrected chi connectivity index (χ1v) is 7.33. The molecule has 0 saturated heterocycles. The van der Waals surface area contributed by atoms with E-state index in [1.807, 2.05) is 12.1 Å². The number of aryl methyl sites for hydroxylation is 1. The maximum Gasteiger partial charge on any atom is 0.237 e. The summed E-state index contributed by atoms with van der Waals surface area (Å²) in [6, 6.07) is 5.51. The molecule has 0 radical (unpaired) electrons. The summed E-state index contributed by atoms with van der Waals surface area (Å²) in [5.74, 6) is 0. The summed E-state index contributed by atoms with van der Waals surface area (Å²) < 4.78 is 26.0. The molecule has 1 aromatic carbocycles. The molecule has 0 fully saturated rings.